The van der Waals surface area contributed by atoms with Crippen LogP contribution in [0, 0.1) is 17.1 Å². The van der Waals surface area contributed by atoms with Crippen LogP contribution < -0.4 is 9.80 Å². The molecule has 28 heavy (non-hydrogen) atoms. The summed E-state index contributed by atoms with van der Waals surface area (Å²) in [6.45, 7) is 4.08. The average Bonchev–Trinajstić information content (AvgIpc) is 2.74. The first-order chi connectivity index (χ1) is 13.7. The molecule has 0 saturated carbocycles. The van der Waals surface area contributed by atoms with Gasteiger partial charge in [-0.25, -0.2) is 4.39 Å². The van der Waals surface area contributed by atoms with Gasteiger partial charge >= 0.3 is 0 Å². The van der Waals surface area contributed by atoms with Crippen molar-refractivity contribution in [2.24, 2.45) is 0 Å². The highest BCUT2D eigenvalue weighted by Crippen LogP contribution is 2.27. The maximum atomic E-state index is 13.4. The molecule has 2 aromatic carbocycles. The van der Waals surface area contributed by atoms with E-state index < -0.39 is 5.82 Å². The van der Waals surface area contributed by atoms with Crippen molar-refractivity contribution in [3.8, 4) is 6.07 Å². The molecule has 2 aliphatic heterocycles. The average molecular weight is 378 g/mol. The van der Waals surface area contributed by atoms with Gasteiger partial charge in [0.05, 0.1) is 17.8 Å². The van der Waals surface area contributed by atoms with Crippen LogP contribution in [0.5, 0.6) is 0 Å². The zero-order valence-electron chi connectivity index (χ0n) is 15.8. The van der Waals surface area contributed by atoms with E-state index >= 15 is 0 Å². The van der Waals surface area contributed by atoms with E-state index in [0.717, 1.165) is 43.9 Å². The quantitative estimate of drug-likeness (QED) is 0.824. The van der Waals surface area contributed by atoms with Crippen molar-refractivity contribution in [1.29, 1.82) is 5.26 Å². The van der Waals surface area contributed by atoms with E-state index in [1.165, 1.54) is 17.7 Å². The topological polar surface area (TPSA) is 50.6 Å². The standard InChI is InChI=1S/C22H23FN4O/c23-19-7-8-20(18(14-19)15-24)26-12-10-25(11-13-26)16-22(28)27-9-3-5-17-4-1-2-6-21(17)27/h1-2,4,6-8,14H,3,5,9-13,16H2. The summed E-state index contributed by atoms with van der Waals surface area (Å²) in [6.07, 6.45) is 2.02. The Morgan fingerprint density at radius 2 is 1.82 bits per heavy atom. The number of carbonyl (C=O) groups excluding carboxylic acids is 1. The van der Waals surface area contributed by atoms with Crippen molar-refractivity contribution in [2.45, 2.75) is 12.8 Å². The van der Waals surface area contributed by atoms with Crippen LogP contribution in [0.25, 0.3) is 0 Å². The monoisotopic (exact) mass is 378 g/mol. The highest BCUT2D eigenvalue weighted by Gasteiger charge is 2.26. The minimum atomic E-state index is -0.397. The van der Waals surface area contributed by atoms with Gasteiger partial charge in [-0.05, 0) is 42.7 Å². The number of fused-ring (bicyclic) bond motifs is 1. The summed E-state index contributed by atoms with van der Waals surface area (Å²) in [6, 6.07) is 14.5. The lowest BCUT2D eigenvalue weighted by Crippen LogP contribution is -2.51. The number of hydrogen-bond donors (Lipinski definition) is 0. The van der Waals surface area contributed by atoms with Crippen LogP contribution in [-0.2, 0) is 11.2 Å². The van der Waals surface area contributed by atoms with Crippen molar-refractivity contribution < 1.29 is 9.18 Å². The Hall–Kier alpha value is -2.91. The fourth-order valence-electron chi connectivity index (χ4n) is 4.09. The van der Waals surface area contributed by atoms with Gasteiger partial charge in [0.25, 0.3) is 0 Å². The number of benzene rings is 2. The summed E-state index contributed by atoms with van der Waals surface area (Å²) in [5.41, 5.74) is 3.41. The molecule has 0 spiro atoms. The third-order valence-electron chi connectivity index (χ3n) is 5.56. The number of rotatable bonds is 3. The Morgan fingerprint density at radius 3 is 2.61 bits per heavy atom. The lowest BCUT2D eigenvalue weighted by atomic mass is 10.0. The zero-order valence-corrected chi connectivity index (χ0v) is 15.8. The molecule has 2 aromatic rings. The molecule has 0 N–H and O–H groups in total. The number of anilines is 2. The second-order valence-electron chi connectivity index (χ2n) is 7.31. The van der Waals surface area contributed by atoms with Crippen LogP contribution in [0.3, 0.4) is 0 Å². The second kappa shape index (κ2) is 7.99. The smallest absolute Gasteiger partial charge is 0.241 e. The first-order valence-electron chi connectivity index (χ1n) is 9.71. The molecule has 0 bridgehead atoms. The lowest BCUT2D eigenvalue weighted by molar-refractivity contribution is -0.119. The third-order valence-corrected chi connectivity index (χ3v) is 5.56. The third kappa shape index (κ3) is 3.71. The maximum absolute atomic E-state index is 13.4. The first kappa shape index (κ1) is 18.5. The molecule has 0 atom stereocenters. The van der Waals surface area contributed by atoms with Gasteiger partial charge in [0.1, 0.15) is 11.9 Å². The number of amides is 1. The molecule has 0 aliphatic carbocycles. The van der Waals surface area contributed by atoms with Crippen molar-refractivity contribution in [3.63, 3.8) is 0 Å². The number of para-hydroxylation sites is 1. The fourth-order valence-corrected chi connectivity index (χ4v) is 4.09. The normalized spacial score (nSPS) is 17.1. The molecule has 2 heterocycles. The molecule has 4 rings (SSSR count). The van der Waals surface area contributed by atoms with E-state index in [0.29, 0.717) is 25.2 Å². The minimum Gasteiger partial charge on any atom is -0.368 e. The molecule has 1 fully saturated rings. The number of halogens is 1. The molecule has 6 heteroatoms. The predicted molar refractivity (Wildman–Crippen MR) is 107 cm³/mol. The molecule has 5 nitrogen and oxygen atoms in total. The number of nitriles is 1. The van der Waals surface area contributed by atoms with Crippen LogP contribution in [0.4, 0.5) is 15.8 Å². The first-order valence-corrected chi connectivity index (χ1v) is 9.71. The van der Waals surface area contributed by atoms with Crippen molar-refractivity contribution in [1.82, 2.24) is 4.90 Å². The Bertz CT molecular complexity index is 915. The van der Waals surface area contributed by atoms with Gasteiger partial charge in [-0.3, -0.25) is 9.69 Å². The van der Waals surface area contributed by atoms with Crippen LogP contribution in [0.1, 0.15) is 17.5 Å². The predicted octanol–water partition coefficient (Wildman–Crippen LogP) is 2.80. The Morgan fingerprint density at radius 1 is 1.04 bits per heavy atom. The van der Waals surface area contributed by atoms with E-state index in [4.69, 9.17) is 0 Å². The number of piperazine rings is 1. The minimum absolute atomic E-state index is 0.139. The Kier molecular flexibility index (Phi) is 5.27. The summed E-state index contributed by atoms with van der Waals surface area (Å²) >= 11 is 0. The van der Waals surface area contributed by atoms with Gasteiger partial charge in [0, 0.05) is 38.4 Å². The number of nitrogens with zero attached hydrogens (tertiary/aromatic N) is 4. The molecule has 144 valence electrons. The number of aryl methyl sites for hydroxylation is 1. The van der Waals surface area contributed by atoms with Crippen LogP contribution in [0.2, 0.25) is 0 Å². The van der Waals surface area contributed by atoms with E-state index in [-0.39, 0.29) is 5.91 Å². The van der Waals surface area contributed by atoms with Gasteiger partial charge in [0.15, 0.2) is 0 Å². The molecule has 1 saturated heterocycles. The van der Waals surface area contributed by atoms with E-state index in [1.54, 1.807) is 6.07 Å². The molecular formula is C22H23FN4O. The van der Waals surface area contributed by atoms with Gasteiger partial charge in [-0.2, -0.15) is 5.26 Å². The molecule has 0 radical (unpaired) electrons. The molecular weight excluding hydrogens is 355 g/mol. The maximum Gasteiger partial charge on any atom is 0.241 e. The van der Waals surface area contributed by atoms with E-state index in [2.05, 4.69) is 21.9 Å². The second-order valence-corrected chi connectivity index (χ2v) is 7.31. The Balaban J connectivity index is 1.38. The largest absolute Gasteiger partial charge is 0.368 e. The van der Waals surface area contributed by atoms with Crippen LogP contribution in [0.15, 0.2) is 42.5 Å². The van der Waals surface area contributed by atoms with Crippen LogP contribution >= 0.6 is 0 Å². The summed E-state index contributed by atoms with van der Waals surface area (Å²) in [7, 11) is 0. The fraction of sp³-hybridized carbons (Fsp3) is 0.364. The molecule has 0 unspecified atom stereocenters. The lowest BCUT2D eigenvalue weighted by Gasteiger charge is -2.37. The summed E-state index contributed by atoms with van der Waals surface area (Å²) < 4.78 is 13.4. The van der Waals surface area contributed by atoms with Crippen molar-refractivity contribution >= 4 is 17.3 Å². The van der Waals surface area contributed by atoms with Gasteiger partial charge < -0.3 is 9.80 Å². The van der Waals surface area contributed by atoms with Gasteiger partial charge in [-0.15, -0.1) is 0 Å². The van der Waals surface area contributed by atoms with E-state index in [1.807, 2.05) is 23.1 Å². The SMILES string of the molecule is N#Cc1cc(F)ccc1N1CCN(CC(=O)N2CCCc3ccccc32)CC1. The van der Waals surface area contributed by atoms with E-state index in [9.17, 15) is 14.4 Å². The number of carbonyl (C=O) groups is 1. The van der Waals surface area contributed by atoms with Crippen molar-refractivity contribution in [2.75, 3.05) is 49.1 Å². The molecule has 2 aliphatic rings. The molecule has 1 amide bonds. The Labute approximate surface area is 164 Å². The van der Waals surface area contributed by atoms with Gasteiger partial charge in [0.2, 0.25) is 5.91 Å². The van der Waals surface area contributed by atoms with Gasteiger partial charge in [-0.1, -0.05) is 18.2 Å². The highest BCUT2D eigenvalue weighted by atomic mass is 19.1. The summed E-state index contributed by atoms with van der Waals surface area (Å²) in [5, 5.41) is 9.26. The van der Waals surface area contributed by atoms with Crippen molar-refractivity contribution in [3.05, 3.63) is 59.4 Å². The molecule has 0 aromatic heterocycles. The van der Waals surface area contributed by atoms with Crippen LogP contribution in [-0.4, -0.2) is 50.1 Å². The highest BCUT2D eigenvalue weighted by molar-refractivity contribution is 5.96. The zero-order chi connectivity index (χ0) is 19.5. The number of hydrogen-bond acceptors (Lipinski definition) is 4. The summed E-state index contributed by atoms with van der Waals surface area (Å²) in [4.78, 5) is 19.1. The summed E-state index contributed by atoms with van der Waals surface area (Å²) in [5.74, 6) is -0.258.